The summed E-state index contributed by atoms with van der Waals surface area (Å²) >= 11 is 0. The summed E-state index contributed by atoms with van der Waals surface area (Å²) in [6.07, 6.45) is 3.37. The molecular formula is C25H28F2N2O4. The fraction of sp³-hybridized carbons (Fsp3) is 0.440. The summed E-state index contributed by atoms with van der Waals surface area (Å²) in [4.78, 5) is 26.3. The summed E-state index contributed by atoms with van der Waals surface area (Å²) in [5, 5.41) is 10.2. The van der Waals surface area contributed by atoms with Crippen molar-refractivity contribution in [1.29, 1.82) is 0 Å². The van der Waals surface area contributed by atoms with Crippen LogP contribution in [-0.4, -0.2) is 32.7 Å². The summed E-state index contributed by atoms with van der Waals surface area (Å²) in [6, 6.07) is 10.9. The van der Waals surface area contributed by atoms with Gasteiger partial charge in [0.25, 0.3) is 0 Å². The zero-order valence-corrected chi connectivity index (χ0v) is 18.7. The normalized spacial score (nSPS) is 18.9. The molecule has 0 amide bonds. The van der Waals surface area contributed by atoms with Gasteiger partial charge in [-0.2, -0.15) is 8.78 Å². The minimum absolute atomic E-state index is 0.0438. The van der Waals surface area contributed by atoms with Crippen molar-refractivity contribution in [3.8, 4) is 11.4 Å². The van der Waals surface area contributed by atoms with Crippen molar-refractivity contribution in [2.24, 2.45) is 5.92 Å². The molecule has 1 fully saturated rings. The van der Waals surface area contributed by atoms with E-state index >= 15 is 0 Å². The number of carbonyl (C=O) groups excluding carboxylic acids is 1. The number of carbonyl (C=O) groups is 1. The van der Waals surface area contributed by atoms with Crippen molar-refractivity contribution in [3.63, 3.8) is 0 Å². The highest BCUT2D eigenvalue weighted by molar-refractivity contribution is 5.99. The van der Waals surface area contributed by atoms with Gasteiger partial charge in [0.2, 0.25) is 0 Å². The van der Waals surface area contributed by atoms with Gasteiger partial charge >= 0.3 is 12.3 Å². The standard InChI is InChI=1S/C25H28F2N2O4/c1-15(2)28-21-12-17(23(31)13-16-6-3-4-9-22(16)30)10-11-20(21)29(25(28)32)18-7-5-8-19(14-18)33-24(26)27/h5,7-8,10-12,14-16,22,24,30H,3-4,6,9,13H2,1-2H3/t16-,22+/m0/s1. The van der Waals surface area contributed by atoms with E-state index in [1.54, 1.807) is 34.9 Å². The van der Waals surface area contributed by atoms with Gasteiger partial charge in [0.05, 0.1) is 22.8 Å². The maximum absolute atomic E-state index is 13.3. The molecular weight excluding hydrogens is 430 g/mol. The molecule has 0 aliphatic heterocycles. The van der Waals surface area contributed by atoms with Crippen LogP contribution < -0.4 is 10.4 Å². The van der Waals surface area contributed by atoms with Crippen molar-refractivity contribution in [1.82, 2.24) is 9.13 Å². The van der Waals surface area contributed by atoms with E-state index in [1.165, 1.54) is 16.7 Å². The van der Waals surface area contributed by atoms with Crippen molar-refractivity contribution >= 4 is 16.8 Å². The first kappa shape index (κ1) is 23.2. The van der Waals surface area contributed by atoms with Crippen LogP contribution in [-0.2, 0) is 0 Å². The second-order valence-electron chi connectivity index (χ2n) is 8.90. The Bertz CT molecular complexity index is 1210. The predicted octanol–water partition coefficient (Wildman–Crippen LogP) is 5.10. The highest BCUT2D eigenvalue weighted by atomic mass is 19.3. The molecule has 176 valence electrons. The minimum atomic E-state index is -2.97. The molecule has 1 saturated carbocycles. The number of aliphatic hydroxyl groups excluding tert-OH is 1. The van der Waals surface area contributed by atoms with Gasteiger partial charge in [0, 0.05) is 24.1 Å². The van der Waals surface area contributed by atoms with Crippen LogP contribution in [0.5, 0.6) is 5.75 Å². The van der Waals surface area contributed by atoms with Gasteiger partial charge in [0.1, 0.15) is 5.75 Å². The van der Waals surface area contributed by atoms with Gasteiger partial charge in [-0.05, 0) is 62.9 Å². The summed E-state index contributed by atoms with van der Waals surface area (Å²) in [5.41, 5.74) is 1.71. The maximum Gasteiger partial charge on any atom is 0.387 e. The lowest BCUT2D eigenvalue weighted by atomic mass is 9.82. The van der Waals surface area contributed by atoms with Gasteiger partial charge in [-0.25, -0.2) is 4.79 Å². The monoisotopic (exact) mass is 458 g/mol. The number of halogens is 2. The Morgan fingerprint density at radius 3 is 2.58 bits per heavy atom. The van der Waals surface area contributed by atoms with Crippen molar-refractivity contribution in [2.45, 2.75) is 64.7 Å². The van der Waals surface area contributed by atoms with Crippen LogP contribution in [0, 0.1) is 5.92 Å². The third kappa shape index (κ3) is 4.71. The Labute approximate surface area is 190 Å². The third-order valence-electron chi connectivity index (χ3n) is 6.33. The molecule has 3 aromatic rings. The van der Waals surface area contributed by atoms with Gasteiger partial charge in [-0.3, -0.25) is 13.9 Å². The Morgan fingerprint density at radius 1 is 1.12 bits per heavy atom. The first-order valence-electron chi connectivity index (χ1n) is 11.3. The van der Waals surface area contributed by atoms with E-state index in [9.17, 15) is 23.5 Å². The average Bonchev–Trinajstić information content (AvgIpc) is 3.06. The Morgan fingerprint density at radius 2 is 1.88 bits per heavy atom. The summed E-state index contributed by atoms with van der Waals surface area (Å²) in [5.74, 6) is -0.153. The highest BCUT2D eigenvalue weighted by Crippen LogP contribution is 2.29. The van der Waals surface area contributed by atoms with Crippen LogP contribution in [0.25, 0.3) is 16.7 Å². The molecule has 0 unspecified atom stereocenters. The average molecular weight is 459 g/mol. The molecule has 8 heteroatoms. The van der Waals surface area contributed by atoms with Crippen LogP contribution in [0.1, 0.15) is 62.4 Å². The number of aliphatic hydroxyl groups is 1. The van der Waals surface area contributed by atoms with Crippen LogP contribution in [0.3, 0.4) is 0 Å². The van der Waals surface area contributed by atoms with E-state index < -0.39 is 12.7 Å². The van der Waals surface area contributed by atoms with Gasteiger partial charge in [0.15, 0.2) is 5.78 Å². The summed E-state index contributed by atoms with van der Waals surface area (Å²) in [6.45, 7) is 0.771. The van der Waals surface area contributed by atoms with Crippen molar-refractivity contribution in [2.75, 3.05) is 0 Å². The van der Waals surface area contributed by atoms with E-state index in [-0.39, 0.29) is 35.6 Å². The molecule has 1 aliphatic carbocycles. The van der Waals surface area contributed by atoms with Gasteiger partial charge < -0.3 is 9.84 Å². The van der Waals surface area contributed by atoms with E-state index in [0.717, 1.165) is 25.7 Å². The lowest BCUT2D eigenvalue weighted by Crippen LogP contribution is -2.26. The number of benzene rings is 2. The highest BCUT2D eigenvalue weighted by Gasteiger charge is 2.26. The van der Waals surface area contributed by atoms with E-state index in [1.807, 2.05) is 13.8 Å². The number of hydrogen-bond donors (Lipinski definition) is 1. The Hall–Kier alpha value is -3.00. The topological polar surface area (TPSA) is 73.5 Å². The second kappa shape index (κ2) is 9.47. The van der Waals surface area contributed by atoms with E-state index in [4.69, 9.17) is 0 Å². The lowest BCUT2D eigenvalue weighted by molar-refractivity contribution is -0.0498. The number of nitrogens with zero attached hydrogens (tertiary/aromatic N) is 2. The van der Waals surface area contributed by atoms with Gasteiger partial charge in [-0.15, -0.1) is 0 Å². The van der Waals surface area contributed by atoms with E-state index in [2.05, 4.69) is 4.74 Å². The number of ether oxygens (including phenoxy) is 1. The number of rotatable bonds is 7. The Kier molecular flexibility index (Phi) is 6.65. The van der Waals surface area contributed by atoms with Crippen LogP contribution in [0.4, 0.5) is 8.78 Å². The van der Waals surface area contributed by atoms with E-state index in [0.29, 0.717) is 22.3 Å². The number of imidazole rings is 1. The molecule has 0 radical (unpaired) electrons. The zero-order valence-electron chi connectivity index (χ0n) is 18.7. The minimum Gasteiger partial charge on any atom is -0.435 e. The van der Waals surface area contributed by atoms with Crippen molar-refractivity contribution in [3.05, 3.63) is 58.5 Å². The van der Waals surface area contributed by atoms with Crippen LogP contribution in [0.15, 0.2) is 47.3 Å². The predicted molar refractivity (Wildman–Crippen MR) is 121 cm³/mol. The molecule has 1 aliphatic rings. The molecule has 1 heterocycles. The maximum atomic E-state index is 13.3. The number of Topliss-reactive ketones (excluding diaryl/α,β-unsaturated/α-hetero) is 1. The zero-order chi connectivity index (χ0) is 23.7. The number of aromatic nitrogens is 2. The summed E-state index contributed by atoms with van der Waals surface area (Å²) < 4.78 is 32.8. The molecule has 1 aromatic heterocycles. The fourth-order valence-corrected chi connectivity index (χ4v) is 4.72. The number of fused-ring (bicyclic) bond motifs is 1. The second-order valence-corrected chi connectivity index (χ2v) is 8.90. The SMILES string of the molecule is CC(C)n1c(=O)n(-c2cccc(OC(F)F)c2)c2ccc(C(=O)C[C@@H]3CCCC[C@H]3O)cc21. The fourth-order valence-electron chi connectivity index (χ4n) is 4.72. The summed E-state index contributed by atoms with van der Waals surface area (Å²) in [7, 11) is 0. The molecule has 6 nitrogen and oxygen atoms in total. The molecule has 0 saturated heterocycles. The first-order chi connectivity index (χ1) is 15.8. The molecule has 1 N–H and O–H groups in total. The van der Waals surface area contributed by atoms with Gasteiger partial charge in [-0.1, -0.05) is 18.9 Å². The van der Waals surface area contributed by atoms with Crippen LogP contribution in [0.2, 0.25) is 0 Å². The molecule has 2 aromatic carbocycles. The molecule has 0 spiro atoms. The first-order valence-corrected chi connectivity index (χ1v) is 11.3. The molecule has 33 heavy (non-hydrogen) atoms. The third-order valence-corrected chi connectivity index (χ3v) is 6.33. The lowest BCUT2D eigenvalue weighted by Gasteiger charge is -2.26. The Balaban J connectivity index is 1.76. The quantitative estimate of drug-likeness (QED) is 0.500. The number of ketones is 1. The molecule has 0 bridgehead atoms. The molecule has 2 atom stereocenters. The van der Waals surface area contributed by atoms with Crippen molar-refractivity contribution < 1.29 is 23.4 Å². The van der Waals surface area contributed by atoms with Crippen LogP contribution >= 0.6 is 0 Å². The smallest absolute Gasteiger partial charge is 0.387 e. The molecule has 4 rings (SSSR count). The number of alkyl halides is 2. The number of hydrogen-bond acceptors (Lipinski definition) is 4. The largest absolute Gasteiger partial charge is 0.435 e.